The van der Waals surface area contributed by atoms with Crippen LogP contribution < -0.4 is 0 Å². The summed E-state index contributed by atoms with van der Waals surface area (Å²) in [5.74, 6) is 0. The van der Waals surface area contributed by atoms with E-state index in [-0.39, 0.29) is 5.41 Å². The minimum Gasteiger partial charge on any atom is -0.299 e. The van der Waals surface area contributed by atoms with Crippen LogP contribution in [0.2, 0.25) is 0 Å². The first-order valence-electron chi connectivity index (χ1n) is 4.91. The Morgan fingerprint density at radius 1 is 1.25 bits per heavy atom. The van der Waals surface area contributed by atoms with Crippen molar-refractivity contribution >= 4 is 0 Å². The van der Waals surface area contributed by atoms with Gasteiger partial charge in [-0.15, -0.1) is 0 Å². The number of hydrogen-bond acceptors (Lipinski definition) is 1. The zero-order chi connectivity index (χ0) is 9.19. The molecule has 1 aliphatic heterocycles. The number of likely N-dealkylation sites (tertiary alicyclic amines) is 1. The van der Waals surface area contributed by atoms with Gasteiger partial charge < -0.3 is 0 Å². The molecule has 1 nitrogen and oxygen atoms in total. The maximum absolute atomic E-state index is 4.15. The predicted molar refractivity (Wildman–Crippen MR) is 54.3 cm³/mol. The quantitative estimate of drug-likeness (QED) is 0.572. The minimum absolute atomic E-state index is 0.280. The number of nitrogens with zero attached hydrogens (tertiary/aromatic N) is 1. The van der Waals surface area contributed by atoms with Crippen LogP contribution in [0.1, 0.15) is 33.6 Å². The van der Waals surface area contributed by atoms with E-state index in [0.717, 1.165) is 6.54 Å². The van der Waals surface area contributed by atoms with Gasteiger partial charge in [-0.3, -0.25) is 4.90 Å². The van der Waals surface area contributed by atoms with Crippen molar-refractivity contribution in [3.05, 3.63) is 12.2 Å². The van der Waals surface area contributed by atoms with E-state index < -0.39 is 0 Å². The van der Waals surface area contributed by atoms with Crippen molar-refractivity contribution in [2.75, 3.05) is 19.6 Å². The van der Waals surface area contributed by atoms with Gasteiger partial charge in [0.1, 0.15) is 0 Å². The summed E-state index contributed by atoms with van der Waals surface area (Å²) in [6.45, 7) is 14.5. The molecule has 0 bridgehead atoms. The molecule has 70 valence electrons. The van der Waals surface area contributed by atoms with E-state index in [1.165, 1.54) is 31.5 Å². The molecule has 0 amide bonds. The zero-order valence-electron chi connectivity index (χ0n) is 8.69. The molecule has 0 radical (unpaired) electrons. The van der Waals surface area contributed by atoms with E-state index in [2.05, 4.69) is 32.3 Å². The fraction of sp³-hybridized carbons (Fsp3) is 0.818. The lowest BCUT2D eigenvalue weighted by Crippen LogP contribution is -2.26. The molecule has 1 aliphatic rings. The van der Waals surface area contributed by atoms with Gasteiger partial charge in [0.05, 0.1) is 0 Å². The zero-order valence-corrected chi connectivity index (χ0v) is 8.69. The summed E-state index contributed by atoms with van der Waals surface area (Å²) in [5.41, 5.74) is 1.65. The highest BCUT2D eigenvalue weighted by molar-refractivity contribution is 5.07. The van der Waals surface area contributed by atoms with Gasteiger partial charge in [0, 0.05) is 6.54 Å². The second-order valence-electron chi connectivity index (χ2n) is 4.84. The van der Waals surface area contributed by atoms with Gasteiger partial charge in [-0.25, -0.2) is 0 Å². The molecular weight excluding hydrogens is 146 g/mol. The van der Waals surface area contributed by atoms with Gasteiger partial charge in [0.25, 0.3) is 0 Å². The molecule has 0 aromatic rings. The van der Waals surface area contributed by atoms with E-state index in [0.29, 0.717) is 0 Å². The topological polar surface area (TPSA) is 3.24 Å². The fourth-order valence-corrected chi connectivity index (χ4v) is 1.45. The van der Waals surface area contributed by atoms with Gasteiger partial charge in [-0.05, 0) is 31.3 Å². The van der Waals surface area contributed by atoms with Crippen LogP contribution in [0, 0.1) is 5.41 Å². The number of hydrogen-bond donors (Lipinski definition) is 0. The molecule has 0 aliphatic carbocycles. The summed E-state index contributed by atoms with van der Waals surface area (Å²) in [6, 6.07) is 0. The summed E-state index contributed by atoms with van der Waals surface area (Å²) >= 11 is 0. The van der Waals surface area contributed by atoms with Crippen LogP contribution in [0.25, 0.3) is 0 Å². The molecule has 1 rings (SSSR count). The first kappa shape index (κ1) is 9.79. The van der Waals surface area contributed by atoms with E-state index in [1.54, 1.807) is 0 Å². The van der Waals surface area contributed by atoms with E-state index >= 15 is 0 Å². The lowest BCUT2D eigenvalue weighted by Gasteiger charge is -2.26. The smallest absolute Gasteiger partial charge is 0.0195 e. The summed E-state index contributed by atoms with van der Waals surface area (Å²) in [5, 5.41) is 0. The first-order valence-corrected chi connectivity index (χ1v) is 4.91. The summed E-state index contributed by atoms with van der Waals surface area (Å²) < 4.78 is 0. The molecule has 1 fully saturated rings. The molecule has 1 heteroatoms. The van der Waals surface area contributed by atoms with Gasteiger partial charge in [0.15, 0.2) is 0 Å². The standard InChI is InChI=1S/C11H21N/c1-10(11(2,3)4)9-12-7-5-6-8-12/h1,5-9H2,2-4H3. The maximum Gasteiger partial charge on any atom is 0.0195 e. The highest BCUT2D eigenvalue weighted by Gasteiger charge is 2.19. The van der Waals surface area contributed by atoms with Crippen LogP contribution in [0.3, 0.4) is 0 Å². The van der Waals surface area contributed by atoms with E-state index in [4.69, 9.17) is 0 Å². The molecule has 1 saturated heterocycles. The molecule has 0 aromatic heterocycles. The summed E-state index contributed by atoms with van der Waals surface area (Å²) in [7, 11) is 0. The van der Waals surface area contributed by atoms with Crippen LogP contribution in [0.4, 0.5) is 0 Å². The lowest BCUT2D eigenvalue weighted by atomic mass is 9.87. The summed E-state index contributed by atoms with van der Waals surface area (Å²) in [6.07, 6.45) is 2.74. The Morgan fingerprint density at radius 3 is 2.17 bits per heavy atom. The second-order valence-corrected chi connectivity index (χ2v) is 4.84. The Kier molecular flexibility index (Phi) is 2.94. The van der Waals surface area contributed by atoms with Crippen molar-refractivity contribution in [1.82, 2.24) is 4.90 Å². The van der Waals surface area contributed by atoms with Gasteiger partial charge in [-0.1, -0.05) is 32.9 Å². The average molecular weight is 167 g/mol. The van der Waals surface area contributed by atoms with E-state index in [1.807, 2.05) is 0 Å². The predicted octanol–water partition coefficient (Wildman–Crippen LogP) is 2.68. The highest BCUT2D eigenvalue weighted by atomic mass is 15.1. The monoisotopic (exact) mass is 167 g/mol. The average Bonchev–Trinajstić information content (AvgIpc) is 2.37. The van der Waals surface area contributed by atoms with Gasteiger partial charge >= 0.3 is 0 Å². The van der Waals surface area contributed by atoms with Crippen molar-refractivity contribution in [2.24, 2.45) is 5.41 Å². The number of rotatable bonds is 2. The van der Waals surface area contributed by atoms with Crippen LogP contribution in [0.15, 0.2) is 12.2 Å². The molecule has 12 heavy (non-hydrogen) atoms. The molecule has 0 spiro atoms. The minimum atomic E-state index is 0.280. The van der Waals surface area contributed by atoms with Crippen LogP contribution in [-0.4, -0.2) is 24.5 Å². The first-order chi connectivity index (χ1) is 5.50. The second kappa shape index (κ2) is 3.61. The third kappa shape index (κ3) is 2.63. The van der Waals surface area contributed by atoms with Crippen molar-refractivity contribution in [3.63, 3.8) is 0 Å². The Hall–Kier alpha value is -0.300. The molecular formula is C11H21N. The SMILES string of the molecule is C=C(CN1CCCC1)C(C)(C)C. The maximum atomic E-state index is 4.15. The molecule has 0 aromatic carbocycles. The molecule has 0 saturated carbocycles. The highest BCUT2D eigenvalue weighted by Crippen LogP contribution is 2.25. The molecule has 1 heterocycles. The van der Waals surface area contributed by atoms with Crippen LogP contribution in [0.5, 0.6) is 0 Å². The largest absolute Gasteiger partial charge is 0.299 e. The van der Waals surface area contributed by atoms with Crippen molar-refractivity contribution in [3.8, 4) is 0 Å². The Balaban J connectivity index is 2.35. The van der Waals surface area contributed by atoms with Gasteiger partial charge in [-0.2, -0.15) is 0 Å². The van der Waals surface area contributed by atoms with Crippen molar-refractivity contribution in [1.29, 1.82) is 0 Å². The van der Waals surface area contributed by atoms with E-state index in [9.17, 15) is 0 Å². The molecule has 0 unspecified atom stereocenters. The Labute approximate surface area is 76.5 Å². The molecule has 0 atom stereocenters. The normalized spacial score (nSPS) is 19.9. The Morgan fingerprint density at radius 2 is 1.75 bits per heavy atom. The van der Waals surface area contributed by atoms with Crippen molar-refractivity contribution in [2.45, 2.75) is 33.6 Å². The van der Waals surface area contributed by atoms with Gasteiger partial charge in [0.2, 0.25) is 0 Å². The third-order valence-electron chi connectivity index (χ3n) is 2.67. The summed E-state index contributed by atoms with van der Waals surface area (Å²) in [4.78, 5) is 2.51. The third-order valence-corrected chi connectivity index (χ3v) is 2.67. The van der Waals surface area contributed by atoms with Crippen molar-refractivity contribution < 1.29 is 0 Å². The Bertz CT molecular complexity index is 158. The lowest BCUT2D eigenvalue weighted by molar-refractivity contribution is 0.335. The fourth-order valence-electron chi connectivity index (χ4n) is 1.45. The van der Waals surface area contributed by atoms with Crippen LogP contribution in [-0.2, 0) is 0 Å². The molecule has 0 N–H and O–H groups in total. The van der Waals surface area contributed by atoms with Crippen LogP contribution >= 0.6 is 0 Å².